The standard InChI is InChI=1S/C23H24N2O2S/c1-15-9-10-19(11-16(15)2)24-23-25(17(3)13-26-4)20(14-28-23)22-12-18-7-5-6-8-21(18)27-22/h5-12,14,17H,13H2,1-4H3. The molecule has 144 valence electrons. The van der Waals surface area contributed by atoms with Crippen LogP contribution in [0, 0.1) is 13.8 Å². The van der Waals surface area contributed by atoms with Gasteiger partial charge in [-0.05, 0) is 56.2 Å². The third kappa shape index (κ3) is 3.55. The molecule has 28 heavy (non-hydrogen) atoms. The number of aryl methyl sites for hydroxylation is 2. The molecule has 0 amide bonds. The largest absolute Gasteiger partial charge is 0.454 e. The van der Waals surface area contributed by atoms with Crippen molar-refractivity contribution in [3.63, 3.8) is 0 Å². The first kappa shape index (κ1) is 18.7. The topological polar surface area (TPSA) is 39.7 Å². The Morgan fingerprint density at radius 3 is 2.68 bits per heavy atom. The van der Waals surface area contributed by atoms with Crippen molar-refractivity contribution in [1.29, 1.82) is 0 Å². The highest BCUT2D eigenvalue weighted by Crippen LogP contribution is 2.30. The van der Waals surface area contributed by atoms with Gasteiger partial charge in [0.2, 0.25) is 0 Å². The van der Waals surface area contributed by atoms with E-state index in [2.05, 4.69) is 61.1 Å². The number of rotatable bonds is 5. The molecule has 2 heterocycles. The van der Waals surface area contributed by atoms with Crippen molar-refractivity contribution in [2.24, 2.45) is 4.99 Å². The van der Waals surface area contributed by atoms with Gasteiger partial charge in [0.05, 0.1) is 24.0 Å². The summed E-state index contributed by atoms with van der Waals surface area (Å²) >= 11 is 1.62. The number of nitrogens with zero attached hydrogens (tertiary/aromatic N) is 2. The second-order valence-corrected chi connectivity index (χ2v) is 7.94. The molecular formula is C23H24N2O2S. The minimum absolute atomic E-state index is 0.129. The zero-order chi connectivity index (χ0) is 19.7. The fourth-order valence-corrected chi connectivity index (χ4v) is 4.33. The average Bonchev–Trinajstić information content (AvgIpc) is 3.28. The quantitative estimate of drug-likeness (QED) is 0.417. The Morgan fingerprint density at radius 1 is 1.11 bits per heavy atom. The predicted molar refractivity (Wildman–Crippen MR) is 115 cm³/mol. The van der Waals surface area contributed by atoms with Crippen LogP contribution in [0.15, 0.2) is 63.3 Å². The van der Waals surface area contributed by atoms with Gasteiger partial charge in [0.1, 0.15) is 5.58 Å². The van der Waals surface area contributed by atoms with E-state index in [1.165, 1.54) is 11.1 Å². The first-order valence-corrected chi connectivity index (χ1v) is 10.2. The summed E-state index contributed by atoms with van der Waals surface area (Å²) in [6, 6.07) is 16.6. The zero-order valence-electron chi connectivity index (χ0n) is 16.6. The molecule has 1 atom stereocenters. The number of para-hydroxylation sites is 1. The summed E-state index contributed by atoms with van der Waals surface area (Å²) in [4.78, 5) is 5.86. The number of aromatic nitrogens is 1. The summed E-state index contributed by atoms with van der Waals surface area (Å²) in [7, 11) is 1.73. The van der Waals surface area contributed by atoms with Crippen molar-refractivity contribution in [3.05, 3.63) is 69.8 Å². The molecule has 0 aliphatic rings. The summed E-state index contributed by atoms with van der Waals surface area (Å²) in [5, 5.41) is 3.21. The lowest BCUT2D eigenvalue weighted by Crippen LogP contribution is -2.22. The zero-order valence-corrected chi connectivity index (χ0v) is 17.4. The van der Waals surface area contributed by atoms with Crippen LogP contribution in [-0.4, -0.2) is 18.3 Å². The van der Waals surface area contributed by atoms with Gasteiger partial charge < -0.3 is 13.7 Å². The molecular weight excluding hydrogens is 368 g/mol. The van der Waals surface area contributed by atoms with Crippen molar-refractivity contribution in [3.8, 4) is 11.5 Å². The molecule has 5 heteroatoms. The summed E-state index contributed by atoms with van der Waals surface area (Å²) in [6.45, 7) is 6.97. The van der Waals surface area contributed by atoms with Crippen LogP contribution in [0.25, 0.3) is 22.4 Å². The number of hydrogen-bond donors (Lipinski definition) is 0. The van der Waals surface area contributed by atoms with Crippen LogP contribution in [-0.2, 0) is 4.74 Å². The van der Waals surface area contributed by atoms with Crippen LogP contribution in [0.1, 0.15) is 24.1 Å². The summed E-state index contributed by atoms with van der Waals surface area (Å²) in [6.07, 6.45) is 0. The third-order valence-corrected chi connectivity index (χ3v) is 5.82. The maximum Gasteiger partial charge on any atom is 0.190 e. The van der Waals surface area contributed by atoms with Crippen molar-refractivity contribution in [2.45, 2.75) is 26.8 Å². The van der Waals surface area contributed by atoms with Crippen molar-refractivity contribution < 1.29 is 9.15 Å². The summed E-state index contributed by atoms with van der Waals surface area (Å²) in [5.41, 5.74) is 5.38. The number of thiazole rings is 1. The highest BCUT2D eigenvalue weighted by Gasteiger charge is 2.17. The SMILES string of the molecule is COCC(C)n1c(-c2cc3ccccc3o2)csc1=Nc1ccc(C)c(C)c1. The molecule has 0 aliphatic carbocycles. The minimum atomic E-state index is 0.129. The monoisotopic (exact) mass is 392 g/mol. The maximum absolute atomic E-state index is 6.12. The lowest BCUT2D eigenvalue weighted by atomic mass is 10.1. The molecule has 4 aromatic rings. The van der Waals surface area contributed by atoms with Gasteiger partial charge in [-0.25, -0.2) is 4.99 Å². The lowest BCUT2D eigenvalue weighted by molar-refractivity contribution is 0.161. The Bertz CT molecular complexity index is 1150. The van der Waals surface area contributed by atoms with Crippen LogP contribution in [0.4, 0.5) is 5.69 Å². The van der Waals surface area contributed by atoms with Gasteiger partial charge in [0, 0.05) is 17.9 Å². The van der Waals surface area contributed by atoms with E-state index in [4.69, 9.17) is 14.1 Å². The normalized spacial score (nSPS) is 13.4. The van der Waals surface area contributed by atoms with Crippen LogP contribution >= 0.6 is 11.3 Å². The van der Waals surface area contributed by atoms with Crippen molar-refractivity contribution >= 4 is 28.0 Å². The second kappa shape index (κ2) is 7.78. The summed E-state index contributed by atoms with van der Waals surface area (Å²) in [5.74, 6) is 0.849. The van der Waals surface area contributed by atoms with E-state index in [0.717, 1.165) is 32.9 Å². The van der Waals surface area contributed by atoms with Gasteiger partial charge in [-0.15, -0.1) is 11.3 Å². The highest BCUT2D eigenvalue weighted by molar-refractivity contribution is 7.07. The predicted octanol–water partition coefficient (Wildman–Crippen LogP) is 6.02. The molecule has 4 nitrogen and oxygen atoms in total. The first-order valence-electron chi connectivity index (χ1n) is 9.36. The van der Waals surface area contributed by atoms with E-state index in [1.807, 2.05) is 18.2 Å². The van der Waals surface area contributed by atoms with E-state index in [1.54, 1.807) is 18.4 Å². The van der Waals surface area contributed by atoms with Gasteiger partial charge >= 0.3 is 0 Å². The molecule has 0 spiro atoms. The van der Waals surface area contributed by atoms with Gasteiger partial charge in [-0.3, -0.25) is 0 Å². The molecule has 0 saturated carbocycles. The van der Waals surface area contributed by atoms with Crippen LogP contribution < -0.4 is 4.80 Å². The van der Waals surface area contributed by atoms with Gasteiger partial charge in [-0.2, -0.15) is 0 Å². The molecule has 0 N–H and O–H groups in total. The molecule has 0 fully saturated rings. The van der Waals surface area contributed by atoms with Gasteiger partial charge in [0.25, 0.3) is 0 Å². The van der Waals surface area contributed by atoms with Gasteiger partial charge in [0.15, 0.2) is 10.6 Å². The van der Waals surface area contributed by atoms with Gasteiger partial charge in [-0.1, -0.05) is 24.3 Å². The molecule has 2 aromatic carbocycles. The number of ether oxygens (including phenoxy) is 1. The molecule has 1 unspecified atom stereocenters. The van der Waals surface area contributed by atoms with Crippen molar-refractivity contribution in [2.75, 3.05) is 13.7 Å². The van der Waals surface area contributed by atoms with Crippen molar-refractivity contribution in [1.82, 2.24) is 4.57 Å². The Hall–Kier alpha value is -2.63. The lowest BCUT2D eigenvalue weighted by Gasteiger charge is -2.15. The Kier molecular flexibility index (Phi) is 5.20. The first-order chi connectivity index (χ1) is 13.6. The highest BCUT2D eigenvalue weighted by atomic mass is 32.1. The smallest absolute Gasteiger partial charge is 0.190 e. The van der Waals surface area contributed by atoms with E-state index < -0.39 is 0 Å². The molecule has 4 rings (SSSR count). The second-order valence-electron chi connectivity index (χ2n) is 7.11. The van der Waals surface area contributed by atoms with Crippen LogP contribution in [0.3, 0.4) is 0 Å². The maximum atomic E-state index is 6.12. The molecule has 0 saturated heterocycles. The van der Waals surface area contributed by atoms with Crippen LogP contribution in [0.5, 0.6) is 0 Å². The number of fused-ring (bicyclic) bond motifs is 1. The fourth-order valence-electron chi connectivity index (χ4n) is 3.34. The van der Waals surface area contributed by atoms with E-state index in [9.17, 15) is 0 Å². The third-order valence-electron chi connectivity index (χ3n) is 4.98. The molecule has 0 bridgehead atoms. The number of methoxy groups -OCH3 is 1. The van der Waals surface area contributed by atoms with E-state index in [-0.39, 0.29) is 6.04 Å². The van der Waals surface area contributed by atoms with E-state index >= 15 is 0 Å². The Balaban J connectivity index is 1.87. The fraction of sp³-hybridized carbons (Fsp3) is 0.261. The number of benzene rings is 2. The number of furan rings is 1. The minimum Gasteiger partial charge on any atom is -0.454 e. The number of hydrogen-bond acceptors (Lipinski definition) is 4. The van der Waals surface area contributed by atoms with Crippen LogP contribution in [0.2, 0.25) is 0 Å². The Labute approximate surface area is 168 Å². The molecule has 0 radical (unpaired) electrons. The van der Waals surface area contributed by atoms with E-state index in [0.29, 0.717) is 6.61 Å². The summed E-state index contributed by atoms with van der Waals surface area (Å²) < 4.78 is 13.8. The Morgan fingerprint density at radius 2 is 1.93 bits per heavy atom. The molecule has 2 aromatic heterocycles. The molecule has 0 aliphatic heterocycles. The average molecular weight is 393 g/mol.